The van der Waals surface area contributed by atoms with E-state index in [0.717, 1.165) is 10.7 Å². The van der Waals surface area contributed by atoms with Crippen LogP contribution in [0.4, 0.5) is 5.69 Å². The van der Waals surface area contributed by atoms with E-state index in [1.807, 2.05) is 19.9 Å². The molecule has 0 aliphatic carbocycles. The van der Waals surface area contributed by atoms with E-state index in [-0.39, 0.29) is 11.7 Å². The van der Waals surface area contributed by atoms with Gasteiger partial charge in [-0.05, 0) is 44.2 Å². The van der Waals surface area contributed by atoms with Gasteiger partial charge in [-0.15, -0.1) is 0 Å². The van der Waals surface area contributed by atoms with Crippen molar-refractivity contribution in [3.63, 3.8) is 0 Å². The van der Waals surface area contributed by atoms with Gasteiger partial charge in [0.25, 0.3) is 0 Å². The SMILES string of the molecule is Cc1cc(SCC(=O)Nc2ccc(C(N)=O)cc2)nc(C)n1. The third-order valence-corrected chi connectivity index (χ3v) is 3.66. The Hall–Kier alpha value is -2.41. The Labute approximate surface area is 132 Å². The van der Waals surface area contributed by atoms with Crippen molar-refractivity contribution in [2.24, 2.45) is 5.73 Å². The Bertz CT molecular complexity index is 681. The average Bonchev–Trinajstić information content (AvgIpc) is 2.45. The van der Waals surface area contributed by atoms with Crippen molar-refractivity contribution in [3.8, 4) is 0 Å². The van der Waals surface area contributed by atoms with Crippen molar-refractivity contribution < 1.29 is 9.59 Å². The highest BCUT2D eigenvalue weighted by Crippen LogP contribution is 2.17. The summed E-state index contributed by atoms with van der Waals surface area (Å²) < 4.78 is 0. The summed E-state index contributed by atoms with van der Waals surface area (Å²) in [4.78, 5) is 31.3. The lowest BCUT2D eigenvalue weighted by Crippen LogP contribution is -2.15. The molecule has 114 valence electrons. The first-order chi connectivity index (χ1) is 10.4. The molecule has 0 spiro atoms. The molecule has 0 radical (unpaired) electrons. The van der Waals surface area contributed by atoms with Gasteiger partial charge < -0.3 is 11.1 Å². The van der Waals surface area contributed by atoms with Crippen molar-refractivity contribution in [2.45, 2.75) is 18.9 Å². The van der Waals surface area contributed by atoms with E-state index in [1.165, 1.54) is 11.8 Å². The zero-order valence-corrected chi connectivity index (χ0v) is 13.1. The smallest absolute Gasteiger partial charge is 0.248 e. The fourth-order valence-electron chi connectivity index (χ4n) is 1.81. The number of primary amides is 1. The van der Waals surface area contributed by atoms with Gasteiger partial charge in [0.15, 0.2) is 0 Å². The van der Waals surface area contributed by atoms with E-state index in [2.05, 4.69) is 15.3 Å². The predicted octanol–water partition coefficient (Wildman–Crippen LogP) is 1.92. The summed E-state index contributed by atoms with van der Waals surface area (Å²) in [5.74, 6) is 0.284. The van der Waals surface area contributed by atoms with Gasteiger partial charge in [-0.25, -0.2) is 9.97 Å². The molecule has 22 heavy (non-hydrogen) atoms. The number of nitrogens with one attached hydrogen (secondary N) is 1. The summed E-state index contributed by atoms with van der Waals surface area (Å²) in [7, 11) is 0. The summed E-state index contributed by atoms with van der Waals surface area (Å²) in [6, 6.07) is 8.26. The van der Waals surface area contributed by atoms with Crippen LogP contribution in [0, 0.1) is 13.8 Å². The van der Waals surface area contributed by atoms with E-state index in [4.69, 9.17) is 5.73 Å². The number of nitrogens with two attached hydrogens (primary N) is 1. The van der Waals surface area contributed by atoms with E-state index in [9.17, 15) is 9.59 Å². The van der Waals surface area contributed by atoms with Gasteiger partial charge in [0.1, 0.15) is 10.9 Å². The number of rotatable bonds is 5. The van der Waals surface area contributed by atoms with Crippen LogP contribution < -0.4 is 11.1 Å². The molecule has 0 unspecified atom stereocenters. The summed E-state index contributed by atoms with van der Waals surface area (Å²) in [5.41, 5.74) is 7.05. The Morgan fingerprint density at radius 2 is 1.86 bits per heavy atom. The number of aromatic nitrogens is 2. The fraction of sp³-hybridized carbons (Fsp3) is 0.200. The molecule has 2 rings (SSSR count). The van der Waals surface area contributed by atoms with Crippen LogP contribution in [0.5, 0.6) is 0 Å². The highest BCUT2D eigenvalue weighted by molar-refractivity contribution is 7.99. The molecule has 0 fully saturated rings. The van der Waals surface area contributed by atoms with Crippen LogP contribution in [0.1, 0.15) is 21.9 Å². The van der Waals surface area contributed by atoms with Crippen molar-refractivity contribution in [1.82, 2.24) is 9.97 Å². The van der Waals surface area contributed by atoms with Crippen LogP contribution in [0.2, 0.25) is 0 Å². The van der Waals surface area contributed by atoms with Crippen LogP contribution in [-0.2, 0) is 4.79 Å². The van der Waals surface area contributed by atoms with Crippen LogP contribution >= 0.6 is 11.8 Å². The predicted molar refractivity (Wildman–Crippen MR) is 85.8 cm³/mol. The quantitative estimate of drug-likeness (QED) is 0.649. The monoisotopic (exact) mass is 316 g/mol. The molecule has 0 aliphatic heterocycles. The Balaban J connectivity index is 1.91. The lowest BCUT2D eigenvalue weighted by atomic mass is 10.2. The summed E-state index contributed by atoms with van der Waals surface area (Å²) >= 11 is 1.35. The zero-order valence-electron chi connectivity index (χ0n) is 12.3. The molecule has 3 N–H and O–H groups in total. The van der Waals surface area contributed by atoms with Gasteiger partial charge in [0.05, 0.1) is 5.75 Å². The number of hydrogen-bond acceptors (Lipinski definition) is 5. The molecule has 0 saturated carbocycles. The molecule has 0 atom stereocenters. The molecular weight excluding hydrogens is 300 g/mol. The molecule has 0 saturated heterocycles. The van der Waals surface area contributed by atoms with Crippen molar-refractivity contribution in [2.75, 3.05) is 11.1 Å². The molecule has 1 heterocycles. The first-order valence-corrected chi connectivity index (χ1v) is 7.57. The van der Waals surface area contributed by atoms with Crippen LogP contribution in [0.25, 0.3) is 0 Å². The normalized spacial score (nSPS) is 10.3. The number of carbonyl (C=O) groups excluding carboxylic acids is 2. The van der Waals surface area contributed by atoms with Crippen LogP contribution in [0.3, 0.4) is 0 Å². The van der Waals surface area contributed by atoms with Gasteiger partial charge in [0.2, 0.25) is 11.8 Å². The standard InChI is InChI=1S/C15H16N4O2S/c1-9-7-14(18-10(2)17-9)22-8-13(20)19-12-5-3-11(4-6-12)15(16)21/h3-7H,8H2,1-2H3,(H2,16,21)(H,19,20). The molecule has 1 aromatic heterocycles. The molecule has 7 heteroatoms. The molecular formula is C15H16N4O2S. The highest BCUT2D eigenvalue weighted by atomic mass is 32.2. The van der Waals surface area contributed by atoms with E-state index >= 15 is 0 Å². The van der Waals surface area contributed by atoms with Gasteiger partial charge >= 0.3 is 0 Å². The van der Waals surface area contributed by atoms with Gasteiger partial charge in [-0.2, -0.15) is 0 Å². The number of hydrogen-bond donors (Lipinski definition) is 2. The average molecular weight is 316 g/mol. The number of benzene rings is 1. The summed E-state index contributed by atoms with van der Waals surface area (Å²) in [5, 5.41) is 3.52. The Morgan fingerprint density at radius 3 is 2.45 bits per heavy atom. The molecule has 0 aliphatic rings. The summed E-state index contributed by atoms with van der Waals surface area (Å²) in [6.07, 6.45) is 0. The van der Waals surface area contributed by atoms with Crippen molar-refractivity contribution in [1.29, 1.82) is 0 Å². The minimum atomic E-state index is -0.497. The number of anilines is 1. The molecule has 1 aromatic carbocycles. The highest BCUT2D eigenvalue weighted by Gasteiger charge is 2.07. The molecule has 0 bridgehead atoms. The minimum Gasteiger partial charge on any atom is -0.366 e. The zero-order chi connectivity index (χ0) is 16.1. The molecule has 2 amide bonds. The minimum absolute atomic E-state index is 0.147. The van der Waals surface area contributed by atoms with Crippen LogP contribution in [-0.4, -0.2) is 27.5 Å². The number of carbonyl (C=O) groups is 2. The number of thioether (sulfide) groups is 1. The maximum atomic E-state index is 11.9. The lowest BCUT2D eigenvalue weighted by molar-refractivity contribution is -0.113. The summed E-state index contributed by atoms with van der Waals surface area (Å²) in [6.45, 7) is 3.70. The second-order valence-corrected chi connectivity index (χ2v) is 5.67. The van der Waals surface area contributed by atoms with Crippen molar-refractivity contribution >= 4 is 29.3 Å². The van der Waals surface area contributed by atoms with E-state index in [1.54, 1.807) is 24.3 Å². The maximum absolute atomic E-state index is 11.9. The largest absolute Gasteiger partial charge is 0.366 e. The molecule has 6 nitrogen and oxygen atoms in total. The number of nitrogens with zero attached hydrogens (tertiary/aromatic N) is 2. The third kappa shape index (κ3) is 4.56. The second kappa shape index (κ2) is 7.04. The number of amides is 2. The fourth-order valence-corrected chi connectivity index (χ4v) is 2.61. The van der Waals surface area contributed by atoms with Gasteiger partial charge in [-0.3, -0.25) is 9.59 Å². The third-order valence-electron chi connectivity index (χ3n) is 2.75. The Morgan fingerprint density at radius 1 is 1.18 bits per heavy atom. The lowest BCUT2D eigenvalue weighted by Gasteiger charge is -2.06. The maximum Gasteiger partial charge on any atom is 0.248 e. The van der Waals surface area contributed by atoms with E-state index in [0.29, 0.717) is 17.1 Å². The first kappa shape index (κ1) is 16.0. The van der Waals surface area contributed by atoms with E-state index < -0.39 is 5.91 Å². The Kier molecular flexibility index (Phi) is 5.11. The molecule has 2 aromatic rings. The van der Waals surface area contributed by atoms with Crippen molar-refractivity contribution in [3.05, 3.63) is 47.4 Å². The van der Waals surface area contributed by atoms with Crippen LogP contribution in [0.15, 0.2) is 35.4 Å². The second-order valence-electron chi connectivity index (χ2n) is 4.67. The van der Waals surface area contributed by atoms with Gasteiger partial charge in [-0.1, -0.05) is 11.8 Å². The van der Waals surface area contributed by atoms with Gasteiger partial charge in [0, 0.05) is 16.9 Å². The number of aryl methyl sites for hydroxylation is 2. The first-order valence-electron chi connectivity index (χ1n) is 6.59. The topological polar surface area (TPSA) is 98.0 Å².